The Bertz CT molecular complexity index is 531. The first-order valence-electron chi connectivity index (χ1n) is 6.31. The molecule has 3 nitrogen and oxygen atoms in total. The minimum atomic E-state index is -0.553. The van der Waals surface area contributed by atoms with Crippen LogP contribution in [0.25, 0.3) is 0 Å². The van der Waals surface area contributed by atoms with E-state index in [1.807, 2.05) is 13.1 Å². The van der Waals surface area contributed by atoms with Crippen LogP contribution in [0.5, 0.6) is 0 Å². The van der Waals surface area contributed by atoms with E-state index in [1.165, 1.54) is 18.2 Å². The number of aromatic nitrogens is 2. The third-order valence-electron chi connectivity index (χ3n) is 3.02. The maximum atomic E-state index is 13.8. The summed E-state index contributed by atoms with van der Waals surface area (Å²) in [7, 11) is 1.67. The molecule has 1 aromatic heterocycles. The molecule has 2 aromatic rings. The van der Waals surface area contributed by atoms with Crippen LogP contribution < -0.4 is 5.32 Å². The van der Waals surface area contributed by atoms with Crippen molar-refractivity contribution in [3.8, 4) is 0 Å². The van der Waals surface area contributed by atoms with Crippen molar-refractivity contribution in [2.45, 2.75) is 25.9 Å². The number of benzene rings is 1. The maximum absolute atomic E-state index is 13.8. The highest BCUT2D eigenvalue weighted by molar-refractivity contribution is 5.31. The third-order valence-corrected chi connectivity index (χ3v) is 3.02. The molecule has 0 saturated heterocycles. The lowest BCUT2D eigenvalue weighted by Gasteiger charge is -2.16. The summed E-state index contributed by atoms with van der Waals surface area (Å²) in [6.45, 7) is 2.84. The van der Waals surface area contributed by atoms with Gasteiger partial charge in [0.25, 0.3) is 0 Å². The Balaban J connectivity index is 2.38. The lowest BCUT2D eigenvalue weighted by molar-refractivity contribution is 0.521. The molecule has 0 bridgehead atoms. The number of hydrogen-bond acceptors (Lipinski definition) is 2. The Labute approximate surface area is 111 Å². The van der Waals surface area contributed by atoms with Crippen LogP contribution in [0.1, 0.15) is 30.5 Å². The number of nitrogens with zero attached hydrogens (tertiary/aromatic N) is 2. The first-order valence-corrected chi connectivity index (χ1v) is 6.31. The van der Waals surface area contributed by atoms with Gasteiger partial charge in [0.1, 0.15) is 11.6 Å². The molecule has 0 fully saturated rings. The lowest BCUT2D eigenvalue weighted by atomic mass is 10.0. The molecule has 102 valence electrons. The molecular weight excluding hydrogens is 248 g/mol. The molecule has 2 rings (SSSR count). The molecular formula is C14H17F2N3. The van der Waals surface area contributed by atoms with Crippen LogP contribution in [0, 0.1) is 11.6 Å². The van der Waals surface area contributed by atoms with Gasteiger partial charge in [-0.25, -0.2) is 8.78 Å². The quantitative estimate of drug-likeness (QED) is 0.901. The highest BCUT2D eigenvalue weighted by Gasteiger charge is 2.21. The summed E-state index contributed by atoms with van der Waals surface area (Å²) < 4.78 is 29.4. The molecule has 0 aliphatic rings. The molecule has 0 aliphatic carbocycles. The summed E-state index contributed by atoms with van der Waals surface area (Å²) in [4.78, 5) is 0. The summed E-state index contributed by atoms with van der Waals surface area (Å²) >= 11 is 0. The van der Waals surface area contributed by atoms with E-state index in [1.54, 1.807) is 17.9 Å². The van der Waals surface area contributed by atoms with Gasteiger partial charge < -0.3 is 5.32 Å². The molecule has 1 aromatic carbocycles. The van der Waals surface area contributed by atoms with Crippen molar-refractivity contribution in [2.24, 2.45) is 0 Å². The molecule has 0 aliphatic heterocycles. The fourth-order valence-corrected chi connectivity index (χ4v) is 2.14. The van der Waals surface area contributed by atoms with Gasteiger partial charge in [0, 0.05) is 23.9 Å². The van der Waals surface area contributed by atoms with Crippen molar-refractivity contribution >= 4 is 0 Å². The first kappa shape index (κ1) is 13.7. The Kier molecular flexibility index (Phi) is 4.27. The van der Waals surface area contributed by atoms with E-state index in [-0.39, 0.29) is 5.56 Å². The monoisotopic (exact) mass is 265 g/mol. The van der Waals surface area contributed by atoms with E-state index in [2.05, 4.69) is 10.4 Å². The van der Waals surface area contributed by atoms with Gasteiger partial charge in [0.05, 0.1) is 12.2 Å². The number of aryl methyl sites for hydroxylation is 1. The number of rotatable bonds is 5. The largest absolute Gasteiger partial charge is 0.309 e. The van der Waals surface area contributed by atoms with Crippen molar-refractivity contribution in [3.05, 3.63) is 53.4 Å². The smallest absolute Gasteiger partial charge is 0.131 e. The summed E-state index contributed by atoms with van der Waals surface area (Å²) in [6.07, 6.45) is 4.42. The van der Waals surface area contributed by atoms with Crippen LogP contribution in [0.4, 0.5) is 8.78 Å². The second-order valence-corrected chi connectivity index (χ2v) is 4.39. The Morgan fingerprint density at radius 3 is 2.58 bits per heavy atom. The molecule has 1 heterocycles. The normalized spacial score (nSPS) is 12.6. The molecule has 19 heavy (non-hydrogen) atoms. The molecule has 1 unspecified atom stereocenters. The SMILES string of the molecule is CCCn1cc(C(NC)c2c(F)cccc2F)cn1. The van der Waals surface area contributed by atoms with Gasteiger partial charge in [0.15, 0.2) is 0 Å². The third kappa shape index (κ3) is 2.81. The highest BCUT2D eigenvalue weighted by atomic mass is 19.1. The van der Waals surface area contributed by atoms with Crippen molar-refractivity contribution in [3.63, 3.8) is 0 Å². The van der Waals surface area contributed by atoms with E-state index in [0.717, 1.165) is 18.5 Å². The van der Waals surface area contributed by atoms with Crippen LogP contribution in [-0.2, 0) is 6.54 Å². The Hall–Kier alpha value is -1.75. The second-order valence-electron chi connectivity index (χ2n) is 4.39. The molecule has 1 N–H and O–H groups in total. The molecule has 0 saturated carbocycles. The van der Waals surface area contributed by atoms with Crippen LogP contribution >= 0.6 is 0 Å². The Morgan fingerprint density at radius 1 is 1.32 bits per heavy atom. The predicted octanol–water partition coefficient (Wildman–Crippen LogP) is 2.88. The topological polar surface area (TPSA) is 29.9 Å². The zero-order chi connectivity index (χ0) is 13.8. The van der Waals surface area contributed by atoms with Gasteiger partial charge in [-0.1, -0.05) is 13.0 Å². The molecule has 0 spiro atoms. The van der Waals surface area contributed by atoms with Crippen LogP contribution in [0.15, 0.2) is 30.6 Å². The van der Waals surface area contributed by atoms with Gasteiger partial charge in [-0.2, -0.15) is 5.10 Å². The van der Waals surface area contributed by atoms with Gasteiger partial charge >= 0.3 is 0 Å². The predicted molar refractivity (Wildman–Crippen MR) is 69.8 cm³/mol. The summed E-state index contributed by atoms with van der Waals surface area (Å²) in [6, 6.07) is 3.35. The highest BCUT2D eigenvalue weighted by Crippen LogP contribution is 2.26. The van der Waals surface area contributed by atoms with E-state index in [4.69, 9.17) is 0 Å². The van der Waals surface area contributed by atoms with E-state index in [9.17, 15) is 8.78 Å². The van der Waals surface area contributed by atoms with Crippen LogP contribution in [-0.4, -0.2) is 16.8 Å². The zero-order valence-electron chi connectivity index (χ0n) is 11.0. The summed E-state index contributed by atoms with van der Waals surface area (Å²) in [5, 5.41) is 7.13. The fraction of sp³-hybridized carbons (Fsp3) is 0.357. The molecule has 0 amide bonds. The van der Waals surface area contributed by atoms with E-state index in [0.29, 0.717) is 0 Å². The molecule has 1 atom stereocenters. The molecule has 0 radical (unpaired) electrons. The van der Waals surface area contributed by atoms with Crippen molar-refractivity contribution in [1.29, 1.82) is 0 Å². The average molecular weight is 265 g/mol. The number of halogens is 2. The second kappa shape index (κ2) is 5.93. The minimum Gasteiger partial charge on any atom is -0.309 e. The summed E-state index contributed by atoms with van der Waals surface area (Å²) in [5.41, 5.74) is 0.779. The van der Waals surface area contributed by atoms with Gasteiger partial charge in [-0.05, 0) is 25.6 Å². The van der Waals surface area contributed by atoms with Crippen LogP contribution in [0.2, 0.25) is 0 Å². The minimum absolute atomic E-state index is 0.0287. The fourth-order valence-electron chi connectivity index (χ4n) is 2.14. The van der Waals surface area contributed by atoms with Crippen molar-refractivity contribution in [1.82, 2.24) is 15.1 Å². The van der Waals surface area contributed by atoms with E-state index < -0.39 is 17.7 Å². The maximum Gasteiger partial charge on any atom is 0.131 e. The van der Waals surface area contributed by atoms with Gasteiger partial charge in [-0.15, -0.1) is 0 Å². The van der Waals surface area contributed by atoms with E-state index >= 15 is 0 Å². The zero-order valence-corrected chi connectivity index (χ0v) is 11.0. The standard InChI is InChI=1S/C14H17F2N3/c1-3-7-19-9-10(8-18-19)14(17-2)13-11(15)5-4-6-12(13)16/h4-6,8-9,14,17H,3,7H2,1-2H3. The summed E-state index contributed by atoms with van der Waals surface area (Å²) in [5.74, 6) is -1.11. The first-order chi connectivity index (χ1) is 9.17. The van der Waals surface area contributed by atoms with Crippen molar-refractivity contribution in [2.75, 3.05) is 7.05 Å². The number of hydrogen-bond donors (Lipinski definition) is 1. The van der Waals surface area contributed by atoms with Crippen molar-refractivity contribution < 1.29 is 8.78 Å². The number of nitrogens with one attached hydrogen (secondary N) is 1. The lowest BCUT2D eigenvalue weighted by Crippen LogP contribution is -2.20. The van der Waals surface area contributed by atoms with Gasteiger partial charge in [-0.3, -0.25) is 4.68 Å². The Morgan fingerprint density at radius 2 is 2.00 bits per heavy atom. The average Bonchev–Trinajstić information content (AvgIpc) is 2.83. The van der Waals surface area contributed by atoms with Crippen LogP contribution in [0.3, 0.4) is 0 Å². The van der Waals surface area contributed by atoms with Gasteiger partial charge in [0.2, 0.25) is 0 Å². The molecule has 5 heteroatoms.